The highest BCUT2D eigenvalue weighted by molar-refractivity contribution is 6.29. The van der Waals surface area contributed by atoms with Crippen molar-refractivity contribution in [2.45, 2.75) is 66.2 Å². The van der Waals surface area contributed by atoms with Crippen LogP contribution >= 0.6 is 0 Å². The van der Waals surface area contributed by atoms with Crippen LogP contribution in [0.3, 0.4) is 0 Å². The van der Waals surface area contributed by atoms with Gasteiger partial charge in [-0.15, -0.1) is 0 Å². The van der Waals surface area contributed by atoms with Gasteiger partial charge in [0.15, 0.2) is 0 Å². The molecule has 0 amide bonds. The Hall–Kier alpha value is -5.86. The molecular weight excluding hydrogens is 653 g/mol. The van der Waals surface area contributed by atoms with E-state index < -0.39 is 0 Å². The summed E-state index contributed by atoms with van der Waals surface area (Å²) in [5, 5.41) is 7.30. The van der Waals surface area contributed by atoms with E-state index in [1.54, 1.807) is 0 Å². The van der Waals surface area contributed by atoms with Gasteiger partial charge < -0.3 is 9.80 Å². The maximum absolute atomic E-state index is 2.50. The predicted molar refractivity (Wildman–Crippen MR) is 235 cm³/mol. The molecule has 8 aromatic rings. The van der Waals surface area contributed by atoms with Gasteiger partial charge in [-0.05, 0) is 101 Å². The summed E-state index contributed by atoms with van der Waals surface area (Å²) < 4.78 is 0. The van der Waals surface area contributed by atoms with Crippen LogP contribution in [0, 0.1) is 6.92 Å². The van der Waals surface area contributed by atoms with Gasteiger partial charge in [0.25, 0.3) is 0 Å². The normalized spacial score (nSPS) is 11.7. The van der Waals surface area contributed by atoms with Gasteiger partial charge in [-0.2, -0.15) is 0 Å². The number of nitrogens with zero attached hydrogens (tertiary/aromatic N) is 2. The lowest BCUT2D eigenvalue weighted by molar-refractivity contribution is 0.866. The standard InChI is InChI=1S/C52H50N2/c1-34(2)38-18-27-43(28-19-38)53(42-25-16-37(7)17-26-42)51-47-14-10-11-15-48(47)52(50-46-13-9-8-12-41(46)24-33-49(50)51)54(44-29-20-39(21-30-44)35(3)4)45-31-22-40(23-32-45)36(5)6/h8-36H,1-7H3. The first-order valence-electron chi connectivity index (χ1n) is 19.5. The average Bonchev–Trinajstić information content (AvgIpc) is 3.19. The van der Waals surface area contributed by atoms with E-state index in [9.17, 15) is 0 Å². The zero-order valence-corrected chi connectivity index (χ0v) is 32.6. The molecule has 2 nitrogen and oxygen atoms in total. The van der Waals surface area contributed by atoms with Crippen molar-refractivity contribution in [2.24, 2.45) is 0 Å². The number of rotatable bonds is 9. The third-order valence-corrected chi connectivity index (χ3v) is 11.1. The Kier molecular flexibility index (Phi) is 9.46. The summed E-state index contributed by atoms with van der Waals surface area (Å²) in [6.45, 7) is 15.7. The summed E-state index contributed by atoms with van der Waals surface area (Å²) in [5.41, 5.74) is 12.2. The summed E-state index contributed by atoms with van der Waals surface area (Å²) >= 11 is 0. The molecule has 0 bridgehead atoms. The van der Waals surface area contributed by atoms with Crippen molar-refractivity contribution in [3.05, 3.63) is 180 Å². The van der Waals surface area contributed by atoms with Gasteiger partial charge in [0, 0.05) is 44.3 Å². The van der Waals surface area contributed by atoms with Gasteiger partial charge in [0.1, 0.15) is 0 Å². The number of hydrogen-bond acceptors (Lipinski definition) is 2. The van der Waals surface area contributed by atoms with Crippen molar-refractivity contribution in [1.29, 1.82) is 0 Å². The minimum atomic E-state index is 0.449. The molecule has 54 heavy (non-hydrogen) atoms. The molecule has 0 fully saturated rings. The second kappa shape index (κ2) is 14.5. The minimum absolute atomic E-state index is 0.449. The molecule has 0 radical (unpaired) electrons. The van der Waals surface area contributed by atoms with Gasteiger partial charge in [0.2, 0.25) is 0 Å². The molecule has 0 saturated heterocycles. The van der Waals surface area contributed by atoms with Gasteiger partial charge in [-0.25, -0.2) is 0 Å². The molecule has 0 unspecified atom stereocenters. The quantitative estimate of drug-likeness (QED) is 0.0839. The minimum Gasteiger partial charge on any atom is -0.309 e. The van der Waals surface area contributed by atoms with E-state index >= 15 is 0 Å². The van der Waals surface area contributed by atoms with Gasteiger partial charge in [-0.3, -0.25) is 0 Å². The van der Waals surface area contributed by atoms with Crippen LogP contribution in [-0.4, -0.2) is 0 Å². The molecule has 0 heterocycles. The first-order valence-corrected chi connectivity index (χ1v) is 19.5. The SMILES string of the molecule is Cc1ccc(N(c2ccc(C(C)C)cc2)c2c3ccccc3c(N(c3ccc(C(C)C)cc3)c3ccc(C(C)C)cc3)c3c2ccc2ccccc23)cc1. The topological polar surface area (TPSA) is 6.48 Å². The van der Waals surface area contributed by atoms with E-state index in [0.717, 1.165) is 22.7 Å². The smallest absolute Gasteiger partial charge is 0.0626 e. The average molecular weight is 703 g/mol. The highest BCUT2D eigenvalue weighted by Crippen LogP contribution is 2.52. The first kappa shape index (κ1) is 35.2. The fourth-order valence-electron chi connectivity index (χ4n) is 7.91. The van der Waals surface area contributed by atoms with Crippen LogP contribution in [0.2, 0.25) is 0 Å². The fraction of sp³-hybridized carbons (Fsp3) is 0.192. The third-order valence-electron chi connectivity index (χ3n) is 11.1. The van der Waals surface area contributed by atoms with Crippen molar-refractivity contribution in [2.75, 3.05) is 9.80 Å². The van der Waals surface area contributed by atoms with Gasteiger partial charge in [0.05, 0.1) is 11.4 Å². The summed E-state index contributed by atoms with van der Waals surface area (Å²) in [5.74, 6) is 1.35. The molecule has 268 valence electrons. The Morgan fingerprint density at radius 3 is 1.15 bits per heavy atom. The number of fused-ring (bicyclic) bond motifs is 4. The molecule has 8 aromatic carbocycles. The molecule has 0 spiro atoms. The predicted octanol–water partition coefficient (Wildman–Crippen LogP) is 15.8. The Bertz CT molecular complexity index is 2510. The Morgan fingerprint density at radius 1 is 0.333 bits per heavy atom. The van der Waals surface area contributed by atoms with Crippen molar-refractivity contribution < 1.29 is 0 Å². The van der Waals surface area contributed by atoms with Crippen molar-refractivity contribution in [3.63, 3.8) is 0 Å². The largest absolute Gasteiger partial charge is 0.309 e. The monoisotopic (exact) mass is 702 g/mol. The third kappa shape index (κ3) is 6.41. The van der Waals surface area contributed by atoms with Crippen LogP contribution in [0.4, 0.5) is 34.1 Å². The zero-order valence-electron chi connectivity index (χ0n) is 32.6. The number of benzene rings is 8. The molecule has 0 aliphatic heterocycles. The molecule has 0 saturated carbocycles. The van der Waals surface area contributed by atoms with Crippen molar-refractivity contribution in [3.8, 4) is 0 Å². The van der Waals surface area contributed by atoms with E-state index in [0.29, 0.717) is 17.8 Å². The highest BCUT2D eigenvalue weighted by Gasteiger charge is 2.27. The molecule has 2 heteroatoms. The summed E-state index contributed by atoms with van der Waals surface area (Å²) in [4.78, 5) is 4.98. The lowest BCUT2D eigenvalue weighted by Crippen LogP contribution is -2.15. The molecule has 0 aromatic heterocycles. The lowest BCUT2D eigenvalue weighted by atomic mass is 9.91. The van der Waals surface area contributed by atoms with Gasteiger partial charge in [-0.1, -0.05) is 156 Å². The summed E-state index contributed by atoms with van der Waals surface area (Å²) in [6, 6.07) is 59.1. The Balaban J connectivity index is 1.52. The number of aryl methyl sites for hydroxylation is 1. The Morgan fingerprint density at radius 2 is 0.704 bits per heavy atom. The van der Waals surface area contributed by atoms with Gasteiger partial charge >= 0.3 is 0 Å². The molecular formula is C52H50N2. The van der Waals surface area contributed by atoms with Crippen LogP contribution in [0.1, 0.15) is 81.5 Å². The maximum Gasteiger partial charge on any atom is 0.0626 e. The van der Waals surface area contributed by atoms with Crippen molar-refractivity contribution >= 4 is 66.4 Å². The molecule has 0 atom stereocenters. The molecule has 0 aliphatic carbocycles. The van der Waals surface area contributed by atoms with E-state index in [2.05, 4.69) is 216 Å². The van der Waals surface area contributed by atoms with E-state index in [4.69, 9.17) is 0 Å². The molecule has 8 rings (SSSR count). The van der Waals surface area contributed by atoms with Crippen molar-refractivity contribution in [1.82, 2.24) is 0 Å². The van der Waals surface area contributed by atoms with Crippen LogP contribution < -0.4 is 9.80 Å². The molecule has 0 aliphatic rings. The number of anilines is 6. The maximum atomic E-state index is 2.50. The van der Waals surface area contributed by atoms with E-state index in [1.807, 2.05) is 0 Å². The second-order valence-corrected chi connectivity index (χ2v) is 15.7. The molecule has 0 N–H and O–H groups in total. The van der Waals surface area contributed by atoms with Crippen LogP contribution in [0.15, 0.2) is 158 Å². The van der Waals surface area contributed by atoms with E-state index in [-0.39, 0.29) is 0 Å². The first-order chi connectivity index (χ1) is 26.2. The zero-order chi connectivity index (χ0) is 37.5. The summed E-state index contributed by atoms with van der Waals surface area (Å²) in [7, 11) is 0. The highest BCUT2D eigenvalue weighted by atomic mass is 15.2. The second-order valence-electron chi connectivity index (χ2n) is 15.7. The van der Waals surface area contributed by atoms with Crippen LogP contribution in [-0.2, 0) is 0 Å². The Labute approximate surface area is 321 Å². The van der Waals surface area contributed by atoms with Crippen LogP contribution in [0.5, 0.6) is 0 Å². The van der Waals surface area contributed by atoms with E-state index in [1.165, 1.54) is 65.9 Å². The number of hydrogen-bond donors (Lipinski definition) is 0. The lowest BCUT2D eigenvalue weighted by Gasteiger charge is -2.33. The van der Waals surface area contributed by atoms with Crippen LogP contribution in [0.25, 0.3) is 32.3 Å². The fourth-order valence-corrected chi connectivity index (χ4v) is 7.91. The summed E-state index contributed by atoms with van der Waals surface area (Å²) in [6.07, 6.45) is 0.